The average molecular weight is 813 g/mol. The summed E-state index contributed by atoms with van der Waals surface area (Å²) < 4.78 is 39.3. The molecule has 13 nitrogen and oxygen atoms in total. The number of carbonyl (C=O) groups is 1. The second-order valence-electron chi connectivity index (χ2n) is 14.3. The van der Waals surface area contributed by atoms with Crippen molar-refractivity contribution in [1.29, 1.82) is 0 Å². The summed E-state index contributed by atoms with van der Waals surface area (Å²) in [6, 6.07) is 39.6. The van der Waals surface area contributed by atoms with Crippen LogP contribution < -0.4 is 10.2 Å². The second-order valence-corrected chi connectivity index (χ2v) is 14.3. The molecule has 5 atom stereocenters. The quantitative estimate of drug-likeness (QED) is 0.100. The second kappa shape index (κ2) is 17.5. The number of nitrogens with zero attached hydrogens (tertiary/aromatic N) is 5. The van der Waals surface area contributed by atoms with Crippen molar-refractivity contribution in [3.63, 3.8) is 0 Å². The molecule has 6 aromatic rings. The molecule has 59 heavy (non-hydrogen) atoms. The van der Waals surface area contributed by atoms with Crippen molar-refractivity contribution in [1.82, 2.24) is 19.5 Å². The van der Waals surface area contributed by atoms with Gasteiger partial charge in [-0.05, 0) is 35.1 Å². The molecule has 0 amide bonds. The third kappa shape index (κ3) is 8.49. The number of hydrogen-bond donors (Lipinski definition) is 6. The fourth-order valence-corrected chi connectivity index (χ4v) is 7.83. The number of nitrogens with one attached hydrogen (secondary N) is 1. The van der Waals surface area contributed by atoms with Crippen molar-refractivity contribution in [2.45, 2.75) is 61.1 Å². The first-order chi connectivity index (χ1) is 28.4. The van der Waals surface area contributed by atoms with Crippen LogP contribution in [0, 0.1) is 0 Å². The monoisotopic (exact) mass is 812 g/mol. The van der Waals surface area contributed by atoms with Crippen LogP contribution in [-0.2, 0) is 15.1 Å². The summed E-state index contributed by atoms with van der Waals surface area (Å²) in [5, 5.41) is 55.1. The zero-order chi connectivity index (χ0) is 41.7. The van der Waals surface area contributed by atoms with Gasteiger partial charge in [-0.1, -0.05) is 121 Å². The van der Waals surface area contributed by atoms with E-state index in [4.69, 9.17) is 29.6 Å². The number of aliphatic hydroxyl groups is 4. The van der Waals surface area contributed by atoms with Gasteiger partial charge in [-0.15, -0.1) is 0 Å². The number of aliphatic carboxylic acids is 1. The summed E-state index contributed by atoms with van der Waals surface area (Å²) >= 11 is 0. The number of halogens is 3. The number of aliphatic hydroxyl groups excluding tert-OH is 3. The molecule has 2 aromatic heterocycles. The zero-order valence-corrected chi connectivity index (χ0v) is 31.5. The molecule has 308 valence electrons. The number of hydrogen-bond acceptors (Lipinski definition) is 11. The molecule has 6 N–H and O–H groups in total. The number of imidazole rings is 1. The van der Waals surface area contributed by atoms with Crippen LogP contribution in [0.3, 0.4) is 0 Å². The van der Waals surface area contributed by atoms with Crippen LogP contribution in [0.4, 0.5) is 24.9 Å². The van der Waals surface area contributed by atoms with E-state index >= 15 is 0 Å². The molecule has 4 aromatic carbocycles. The molecule has 4 heterocycles. The highest BCUT2D eigenvalue weighted by atomic mass is 19.4. The standard InChI is InChI=1S/C41H42N6O5.C2HF3O2/c48-25-32-35(49)36(50)39(52-32)47-26-43-34-37(42-24-31(27-14-5-1-6-15-27)28-16-7-2-8-17-28)44-40(45-38(34)47)46-23-13-22-33(46)41(51,29-18-9-3-10-19-29)30-20-11-4-12-21-30;3-2(4,5)1(6)7/h1-12,14-21,26,31-33,35-36,39,48-51H,13,22-25H2,(H,42,44,45);(H,6,7)/t32-,33-,35-,36-,39-;/m1./s1. The number of anilines is 2. The lowest BCUT2D eigenvalue weighted by atomic mass is 9.79. The molecular formula is C43H43F3N6O7. The first kappa shape index (κ1) is 41.3. The van der Waals surface area contributed by atoms with Crippen molar-refractivity contribution in [2.75, 3.05) is 29.9 Å². The molecule has 8 rings (SSSR count). The Balaban J connectivity index is 0.000000694. The van der Waals surface area contributed by atoms with Gasteiger partial charge in [0.1, 0.15) is 23.9 Å². The highest BCUT2D eigenvalue weighted by molar-refractivity contribution is 5.84. The number of alkyl halides is 3. The Labute approximate surface area is 337 Å². The third-order valence-corrected chi connectivity index (χ3v) is 10.7. The molecule has 0 unspecified atom stereocenters. The molecule has 0 bridgehead atoms. The number of rotatable bonds is 11. The van der Waals surface area contributed by atoms with Crippen molar-refractivity contribution in [2.24, 2.45) is 0 Å². The van der Waals surface area contributed by atoms with Gasteiger partial charge < -0.3 is 40.5 Å². The summed E-state index contributed by atoms with van der Waals surface area (Å²) in [5.41, 5.74) is 3.26. The first-order valence-electron chi connectivity index (χ1n) is 19.0. The summed E-state index contributed by atoms with van der Waals surface area (Å²) in [6.07, 6.45) is -6.72. The lowest BCUT2D eigenvalue weighted by Crippen LogP contribution is -2.49. The molecule has 2 aliphatic heterocycles. The lowest BCUT2D eigenvalue weighted by molar-refractivity contribution is -0.192. The van der Waals surface area contributed by atoms with Gasteiger partial charge in [0.05, 0.1) is 19.0 Å². The number of ether oxygens (including phenoxy) is 1. The Morgan fingerprint density at radius 1 is 0.831 bits per heavy atom. The zero-order valence-electron chi connectivity index (χ0n) is 31.5. The van der Waals surface area contributed by atoms with E-state index in [2.05, 4.69) is 34.5 Å². The van der Waals surface area contributed by atoms with Crippen molar-refractivity contribution in [3.8, 4) is 0 Å². The van der Waals surface area contributed by atoms with Crippen LogP contribution in [0.5, 0.6) is 0 Å². The highest BCUT2D eigenvalue weighted by Crippen LogP contribution is 2.42. The maximum Gasteiger partial charge on any atom is 0.490 e. The topological polar surface area (TPSA) is 186 Å². The number of aromatic nitrogens is 4. The van der Waals surface area contributed by atoms with E-state index in [-0.39, 0.29) is 5.92 Å². The van der Waals surface area contributed by atoms with Gasteiger partial charge in [0.15, 0.2) is 23.2 Å². The molecule has 0 radical (unpaired) electrons. The van der Waals surface area contributed by atoms with Crippen molar-refractivity contribution >= 4 is 28.9 Å². The normalized spacial score (nSPS) is 20.7. The molecule has 2 aliphatic rings. The molecule has 2 saturated heterocycles. The maximum atomic E-state index is 12.9. The minimum atomic E-state index is -5.08. The molecule has 2 fully saturated rings. The van der Waals surface area contributed by atoms with E-state index in [1.165, 1.54) is 6.33 Å². The minimum absolute atomic E-state index is 0.0146. The maximum absolute atomic E-state index is 12.9. The molecule has 16 heteroatoms. The van der Waals surface area contributed by atoms with Gasteiger partial charge in [0.25, 0.3) is 0 Å². The van der Waals surface area contributed by atoms with Gasteiger partial charge in [0.2, 0.25) is 5.95 Å². The van der Waals surface area contributed by atoms with E-state index in [9.17, 15) is 33.6 Å². The van der Waals surface area contributed by atoms with Crippen LogP contribution >= 0.6 is 0 Å². The lowest BCUT2D eigenvalue weighted by Gasteiger charge is -2.40. The van der Waals surface area contributed by atoms with Gasteiger partial charge >= 0.3 is 12.1 Å². The Morgan fingerprint density at radius 3 is 1.85 bits per heavy atom. The number of carboxylic acid groups (broad SMARTS) is 1. The van der Waals surface area contributed by atoms with E-state index in [1.807, 2.05) is 97.1 Å². The van der Waals surface area contributed by atoms with E-state index in [0.717, 1.165) is 28.7 Å². The van der Waals surface area contributed by atoms with Gasteiger partial charge in [-0.3, -0.25) is 4.57 Å². The van der Waals surface area contributed by atoms with Crippen LogP contribution in [-0.4, -0.2) is 101 Å². The minimum Gasteiger partial charge on any atom is -0.475 e. The smallest absolute Gasteiger partial charge is 0.475 e. The number of benzene rings is 4. The number of carboxylic acids is 1. The van der Waals surface area contributed by atoms with Gasteiger partial charge in [-0.2, -0.15) is 23.1 Å². The van der Waals surface area contributed by atoms with Crippen molar-refractivity contribution in [3.05, 3.63) is 150 Å². The SMILES string of the molecule is O=C(O)C(F)(F)F.OC[C@H]1O[C@@H](n2cnc3c(NCC(c4ccccc4)c4ccccc4)nc(N4CCC[C@@H]4C(O)(c4ccccc4)c4ccccc4)nc32)[C@H](O)[C@@H]1O. The predicted octanol–water partition coefficient (Wildman–Crippen LogP) is 5.22. The Hall–Kier alpha value is -5.91. The molecular weight excluding hydrogens is 770 g/mol. The Morgan fingerprint density at radius 2 is 1.36 bits per heavy atom. The van der Waals surface area contributed by atoms with Gasteiger partial charge in [-0.25, -0.2) is 9.78 Å². The van der Waals surface area contributed by atoms with Crippen LogP contribution in [0.15, 0.2) is 128 Å². The van der Waals surface area contributed by atoms with E-state index < -0.39 is 54.9 Å². The number of fused-ring (bicyclic) bond motifs is 1. The molecule has 0 saturated carbocycles. The predicted molar refractivity (Wildman–Crippen MR) is 211 cm³/mol. The van der Waals surface area contributed by atoms with Crippen LogP contribution in [0.2, 0.25) is 0 Å². The van der Waals surface area contributed by atoms with Gasteiger partial charge in [0, 0.05) is 19.0 Å². The van der Waals surface area contributed by atoms with Crippen LogP contribution in [0.1, 0.15) is 47.2 Å². The third-order valence-electron chi connectivity index (χ3n) is 10.7. The Kier molecular flexibility index (Phi) is 12.3. The summed E-state index contributed by atoms with van der Waals surface area (Å²) in [6.45, 7) is 0.625. The molecule has 0 spiro atoms. The fourth-order valence-electron chi connectivity index (χ4n) is 7.83. The van der Waals surface area contributed by atoms with Crippen molar-refractivity contribution < 1.29 is 48.2 Å². The largest absolute Gasteiger partial charge is 0.490 e. The first-order valence-corrected chi connectivity index (χ1v) is 19.0. The summed E-state index contributed by atoms with van der Waals surface area (Å²) in [4.78, 5) is 25.8. The van der Waals surface area contributed by atoms with E-state index in [1.54, 1.807) is 4.57 Å². The summed E-state index contributed by atoms with van der Waals surface area (Å²) in [5.74, 6) is -1.91. The Bertz CT molecular complexity index is 2230. The highest BCUT2D eigenvalue weighted by Gasteiger charge is 2.47. The summed E-state index contributed by atoms with van der Waals surface area (Å²) in [7, 11) is 0. The molecule has 0 aliphatic carbocycles. The average Bonchev–Trinajstić information content (AvgIpc) is 4.00. The van der Waals surface area contributed by atoms with Crippen LogP contribution in [0.25, 0.3) is 11.2 Å². The van der Waals surface area contributed by atoms with E-state index in [0.29, 0.717) is 42.4 Å². The fraction of sp³-hybridized carbons (Fsp3) is 0.302.